The van der Waals surface area contributed by atoms with Crippen molar-refractivity contribution in [1.82, 2.24) is 0 Å². The molecule has 0 radical (unpaired) electrons. The minimum Gasteiger partial charge on any atom is -0.295 e. The summed E-state index contributed by atoms with van der Waals surface area (Å²) in [6, 6.07) is 5.18. The van der Waals surface area contributed by atoms with Crippen molar-refractivity contribution in [3.8, 4) is 0 Å². The summed E-state index contributed by atoms with van der Waals surface area (Å²) < 4.78 is 14.0. The van der Waals surface area contributed by atoms with E-state index in [2.05, 4.69) is 27.4 Å². The number of halogens is 1. The molecule has 0 saturated heterocycles. The third-order valence-corrected chi connectivity index (χ3v) is 4.84. The summed E-state index contributed by atoms with van der Waals surface area (Å²) in [7, 11) is 0. The number of hydrogen-bond acceptors (Lipinski definition) is 1. The van der Waals surface area contributed by atoms with Crippen LogP contribution in [-0.4, -0.2) is 5.78 Å². The second-order valence-electron chi connectivity index (χ2n) is 7.51. The molecule has 0 heterocycles. The standard InChI is InChI=1S/C21H27FO/c1-6-7-9-17(16-10-8-11-18(22)15(16)3)20-14(2)12-21(4,5)13-19(20)23/h6,8,10-11,17H,1,7,9,12-13H2,2-5H3. The summed E-state index contributed by atoms with van der Waals surface area (Å²) in [5.41, 5.74) is 3.67. The van der Waals surface area contributed by atoms with E-state index in [1.54, 1.807) is 13.0 Å². The van der Waals surface area contributed by atoms with Crippen LogP contribution in [0.1, 0.15) is 63.5 Å². The average molecular weight is 314 g/mol. The van der Waals surface area contributed by atoms with Gasteiger partial charge in [0.25, 0.3) is 0 Å². The maximum absolute atomic E-state index is 14.0. The Hall–Kier alpha value is -1.70. The normalized spacial score (nSPS) is 18.9. The topological polar surface area (TPSA) is 17.1 Å². The highest BCUT2D eigenvalue weighted by Gasteiger charge is 2.35. The fraction of sp³-hybridized carbons (Fsp3) is 0.476. The number of carbonyl (C=O) groups excluding carboxylic acids is 1. The molecule has 0 amide bonds. The van der Waals surface area contributed by atoms with E-state index in [-0.39, 0.29) is 22.9 Å². The number of benzene rings is 1. The molecule has 1 nitrogen and oxygen atoms in total. The smallest absolute Gasteiger partial charge is 0.159 e. The molecule has 1 aromatic rings. The highest BCUT2D eigenvalue weighted by molar-refractivity contribution is 5.99. The van der Waals surface area contributed by atoms with Crippen LogP contribution >= 0.6 is 0 Å². The molecule has 124 valence electrons. The van der Waals surface area contributed by atoms with Gasteiger partial charge in [-0.1, -0.05) is 37.6 Å². The van der Waals surface area contributed by atoms with E-state index in [0.717, 1.165) is 36.0 Å². The van der Waals surface area contributed by atoms with E-state index in [4.69, 9.17) is 0 Å². The fourth-order valence-corrected chi connectivity index (χ4v) is 3.88. The van der Waals surface area contributed by atoms with Gasteiger partial charge >= 0.3 is 0 Å². The Bertz CT molecular complexity index is 652. The first kappa shape index (κ1) is 17.7. The molecule has 0 bridgehead atoms. The molecule has 0 N–H and O–H groups in total. The second kappa shape index (κ2) is 6.82. The van der Waals surface area contributed by atoms with Gasteiger partial charge in [-0.15, -0.1) is 6.58 Å². The van der Waals surface area contributed by atoms with Gasteiger partial charge in [-0.2, -0.15) is 0 Å². The lowest BCUT2D eigenvalue weighted by molar-refractivity contribution is -0.118. The third kappa shape index (κ3) is 3.80. The molecule has 0 saturated carbocycles. The molecular weight excluding hydrogens is 287 g/mol. The minimum atomic E-state index is -0.201. The molecule has 0 spiro atoms. The SMILES string of the molecule is C=CCCC(C1=C(C)CC(C)(C)CC1=O)c1cccc(F)c1C. The fourth-order valence-electron chi connectivity index (χ4n) is 3.88. The first-order valence-electron chi connectivity index (χ1n) is 8.35. The van der Waals surface area contributed by atoms with Gasteiger partial charge in [0.05, 0.1) is 0 Å². The Morgan fingerprint density at radius 3 is 2.61 bits per heavy atom. The van der Waals surface area contributed by atoms with Crippen molar-refractivity contribution < 1.29 is 9.18 Å². The monoisotopic (exact) mass is 314 g/mol. The average Bonchev–Trinajstić information content (AvgIpc) is 2.44. The van der Waals surface area contributed by atoms with Crippen LogP contribution in [0.5, 0.6) is 0 Å². The first-order valence-corrected chi connectivity index (χ1v) is 8.35. The van der Waals surface area contributed by atoms with Gasteiger partial charge in [0.2, 0.25) is 0 Å². The number of hydrogen-bond donors (Lipinski definition) is 0. The zero-order valence-corrected chi connectivity index (χ0v) is 14.7. The molecule has 2 heteroatoms. The zero-order chi connectivity index (χ0) is 17.2. The highest BCUT2D eigenvalue weighted by Crippen LogP contribution is 2.43. The quantitative estimate of drug-likeness (QED) is 0.619. The number of ketones is 1. The summed E-state index contributed by atoms with van der Waals surface area (Å²) in [6.45, 7) is 11.9. The van der Waals surface area contributed by atoms with Crippen LogP contribution < -0.4 is 0 Å². The van der Waals surface area contributed by atoms with Gasteiger partial charge in [0.15, 0.2) is 5.78 Å². The van der Waals surface area contributed by atoms with E-state index in [9.17, 15) is 9.18 Å². The maximum Gasteiger partial charge on any atom is 0.159 e. The largest absolute Gasteiger partial charge is 0.295 e. The Morgan fingerprint density at radius 1 is 1.30 bits per heavy atom. The summed E-state index contributed by atoms with van der Waals surface area (Å²) in [6.07, 6.45) is 4.97. The Balaban J connectivity index is 2.53. The van der Waals surface area contributed by atoms with Crippen molar-refractivity contribution in [2.45, 2.75) is 59.3 Å². The van der Waals surface area contributed by atoms with E-state index in [0.29, 0.717) is 12.0 Å². The molecule has 2 rings (SSSR count). The van der Waals surface area contributed by atoms with Gasteiger partial charge in [-0.05, 0) is 55.7 Å². The van der Waals surface area contributed by atoms with E-state index < -0.39 is 0 Å². The van der Waals surface area contributed by atoms with Crippen molar-refractivity contribution in [3.63, 3.8) is 0 Å². The first-order chi connectivity index (χ1) is 10.8. The van der Waals surface area contributed by atoms with Crippen LogP contribution in [0.3, 0.4) is 0 Å². The highest BCUT2D eigenvalue weighted by atomic mass is 19.1. The molecule has 1 atom stereocenters. The van der Waals surface area contributed by atoms with Crippen molar-refractivity contribution in [1.29, 1.82) is 0 Å². The van der Waals surface area contributed by atoms with Crippen molar-refractivity contribution in [3.05, 3.63) is 58.9 Å². The number of Topliss-reactive ketones (excluding diaryl/α,β-unsaturated/α-hetero) is 1. The van der Waals surface area contributed by atoms with Gasteiger partial charge in [-0.25, -0.2) is 4.39 Å². The molecule has 1 aromatic carbocycles. The van der Waals surface area contributed by atoms with Crippen LogP contribution in [0.15, 0.2) is 42.0 Å². The Labute approximate surface area is 139 Å². The van der Waals surface area contributed by atoms with E-state index in [1.165, 1.54) is 6.07 Å². The third-order valence-electron chi connectivity index (χ3n) is 4.84. The molecule has 1 aliphatic rings. The van der Waals surface area contributed by atoms with Crippen LogP contribution in [0, 0.1) is 18.2 Å². The predicted octanol–water partition coefficient (Wildman–Crippen LogP) is 5.89. The molecule has 1 aliphatic carbocycles. The lowest BCUT2D eigenvalue weighted by atomic mass is 9.69. The number of rotatable bonds is 5. The Morgan fingerprint density at radius 2 is 2.00 bits per heavy atom. The summed E-state index contributed by atoms with van der Waals surface area (Å²) >= 11 is 0. The van der Waals surface area contributed by atoms with E-state index >= 15 is 0 Å². The van der Waals surface area contributed by atoms with Crippen LogP contribution in [0.4, 0.5) is 4.39 Å². The van der Waals surface area contributed by atoms with Crippen molar-refractivity contribution in [2.75, 3.05) is 0 Å². The summed E-state index contributed by atoms with van der Waals surface area (Å²) in [5, 5.41) is 0. The number of allylic oxidation sites excluding steroid dienone is 3. The van der Waals surface area contributed by atoms with Gasteiger partial charge in [0, 0.05) is 17.9 Å². The van der Waals surface area contributed by atoms with Crippen molar-refractivity contribution in [2.24, 2.45) is 5.41 Å². The van der Waals surface area contributed by atoms with Gasteiger partial charge < -0.3 is 0 Å². The predicted molar refractivity (Wildman–Crippen MR) is 94.0 cm³/mol. The van der Waals surface area contributed by atoms with Crippen LogP contribution in [-0.2, 0) is 4.79 Å². The molecular formula is C21H27FO. The van der Waals surface area contributed by atoms with Gasteiger partial charge in [0.1, 0.15) is 5.82 Å². The van der Waals surface area contributed by atoms with Crippen molar-refractivity contribution >= 4 is 5.78 Å². The lowest BCUT2D eigenvalue weighted by Crippen LogP contribution is -2.28. The molecule has 0 aromatic heterocycles. The lowest BCUT2D eigenvalue weighted by Gasteiger charge is -2.34. The summed E-state index contributed by atoms with van der Waals surface area (Å²) in [5.74, 6) is -0.0169. The Kier molecular flexibility index (Phi) is 5.23. The maximum atomic E-state index is 14.0. The molecule has 0 aliphatic heterocycles. The van der Waals surface area contributed by atoms with Crippen LogP contribution in [0.2, 0.25) is 0 Å². The van der Waals surface area contributed by atoms with Gasteiger partial charge in [-0.3, -0.25) is 4.79 Å². The molecule has 0 fully saturated rings. The summed E-state index contributed by atoms with van der Waals surface area (Å²) in [4.78, 5) is 12.8. The second-order valence-corrected chi connectivity index (χ2v) is 7.51. The molecule has 1 unspecified atom stereocenters. The van der Waals surface area contributed by atoms with Crippen LogP contribution in [0.25, 0.3) is 0 Å². The minimum absolute atomic E-state index is 0.0185. The molecule has 23 heavy (non-hydrogen) atoms. The number of carbonyl (C=O) groups is 1. The zero-order valence-electron chi connectivity index (χ0n) is 14.7. The van der Waals surface area contributed by atoms with E-state index in [1.807, 2.05) is 12.1 Å².